The summed E-state index contributed by atoms with van der Waals surface area (Å²) in [6.07, 6.45) is 3.99. The van der Waals surface area contributed by atoms with E-state index in [1.807, 2.05) is 0 Å². The maximum absolute atomic E-state index is 13.1. The van der Waals surface area contributed by atoms with Crippen molar-refractivity contribution >= 4 is 17.3 Å². The van der Waals surface area contributed by atoms with Gasteiger partial charge < -0.3 is 11.1 Å². The van der Waals surface area contributed by atoms with E-state index in [1.165, 1.54) is 31.0 Å². The molecule has 1 aliphatic rings. The molecule has 0 bridgehead atoms. The Morgan fingerprint density at radius 3 is 2.90 bits per heavy atom. The molecule has 0 saturated carbocycles. The van der Waals surface area contributed by atoms with Crippen LogP contribution in [-0.4, -0.2) is 29.4 Å². The van der Waals surface area contributed by atoms with Gasteiger partial charge in [0.25, 0.3) is 0 Å². The minimum atomic E-state index is -0.468. The van der Waals surface area contributed by atoms with Crippen LogP contribution in [0.25, 0.3) is 0 Å². The van der Waals surface area contributed by atoms with Crippen LogP contribution >= 0.6 is 0 Å². The molecule has 1 aromatic carbocycles. The van der Waals surface area contributed by atoms with Gasteiger partial charge in [0.1, 0.15) is 5.82 Å². The third-order valence-electron chi connectivity index (χ3n) is 4.30. The summed E-state index contributed by atoms with van der Waals surface area (Å²) in [6, 6.07) is 5.37. The first-order valence-electron chi connectivity index (χ1n) is 7.62. The average Bonchev–Trinajstić information content (AvgIpc) is 2.81. The first-order chi connectivity index (χ1) is 10.0. The second-order valence-electron chi connectivity index (χ2n) is 5.76. The Morgan fingerprint density at radius 1 is 1.48 bits per heavy atom. The van der Waals surface area contributed by atoms with Gasteiger partial charge in [-0.3, -0.25) is 9.69 Å². The van der Waals surface area contributed by atoms with Crippen molar-refractivity contribution in [2.45, 2.75) is 51.6 Å². The molecule has 21 heavy (non-hydrogen) atoms. The molecule has 4 nitrogen and oxygen atoms in total. The minimum absolute atomic E-state index is 0.0482. The first-order valence-corrected chi connectivity index (χ1v) is 7.62. The van der Waals surface area contributed by atoms with Gasteiger partial charge in [-0.1, -0.05) is 6.92 Å². The number of halogens is 1. The molecule has 1 aromatic rings. The number of hydrogen-bond acceptors (Lipinski definition) is 3. The maximum atomic E-state index is 13.1. The third-order valence-corrected chi connectivity index (χ3v) is 4.30. The molecule has 0 aliphatic carbocycles. The van der Waals surface area contributed by atoms with Gasteiger partial charge in [0, 0.05) is 30.7 Å². The van der Waals surface area contributed by atoms with Crippen molar-refractivity contribution in [3.63, 3.8) is 0 Å². The predicted octanol–water partition coefficient (Wildman–Crippen LogP) is 3.00. The van der Waals surface area contributed by atoms with E-state index in [0.717, 1.165) is 13.0 Å². The SMILES string of the molecule is CCC1CCC(C)N1CCC(=O)Nc1ccc(F)c(N)c1. The topological polar surface area (TPSA) is 58.4 Å². The van der Waals surface area contributed by atoms with E-state index < -0.39 is 5.82 Å². The molecule has 1 amide bonds. The number of likely N-dealkylation sites (tertiary alicyclic amines) is 1. The summed E-state index contributed by atoms with van der Waals surface area (Å²) in [5.41, 5.74) is 6.08. The fourth-order valence-electron chi connectivity index (χ4n) is 3.04. The number of carbonyl (C=O) groups excluding carboxylic acids is 1. The number of amides is 1. The van der Waals surface area contributed by atoms with Crippen molar-refractivity contribution in [2.75, 3.05) is 17.6 Å². The van der Waals surface area contributed by atoms with Gasteiger partial charge in [0.2, 0.25) is 5.91 Å². The summed E-state index contributed by atoms with van der Waals surface area (Å²) < 4.78 is 13.1. The molecule has 116 valence electrons. The molecule has 3 N–H and O–H groups in total. The van der Waals surface area contributed by atoms with E-state index in [-0.39, 0.29) is 11.6 Å². The molecule has 2 rings (SSSR count). The molecule has 0 spiro atoms. The first kappa shape index (κ1) is 15.8. The quantitative estimate of drug-likeness (QED) is 0.821. The number of nitrogens with two attached hydrogens (primary N) is 1. The van der Waals surface area contributed by atoms with Gasteiger partial charge in [0.15, 0.2) is 0 Å². The number of nitrogens with zero attached hydrogens (tertiary/aromatic N) is 1. The van der Waals surface area contributed by atoms with Crippen LogP contribution in [0.2, 0.25) is 0 Å². The molecule has 0 aromatic heterocycles. The van der Waals surface area contributed by atoms with Crippen molar-refractivity contribution in [3.05, 3.63) is 24.0 Å². The molecule has 5 heteroatoms. The lowest BCUT2D eigenvalue weighted by molar-refractivity contribution is -0.116. The Labute approximate surface area is 125 Å². The summed E-state index contributed by atoms with van der Waals surface area (Å²) >= 11 is 0. The van der Waals surface area contributed by atoms with Crippen LogP contribution in [0.5, 0.6) is 0 Å². The Balaban J connectivity index is 1.85. The molecule has 1 aliphatic heterocycles. The molecule has 1 heterocycles. The standard InChI is InChI=1S/C16H24FN3O/c1-3-13-6-4-11(2)20(13)9-8-16(21)19-12-5-7-14(17)15(18)10-12/h5,7,10-11,13H,3-4,6,8-9,18H2,1-2H3,(H,19,21). The number of anilines is 2. The van der Waals surface area contributed by atoms with Crippen LogP contribution in [-0.2, 0) is 4.79 Å². The highest BCUT2D eigenvalue weighted by Crippen LogP contribution is 2.26. The van der Waals surface area contributed by atoms with E-state index in [4.69, 9.17) is 5.73 Å². The Morgan fingerprint density at radius 2 is 2.24 bits per heavy atom. The van der Waals surface area contributed by atoms with Gasteiger partial charge in [-0.2, -0.15) is 0 Å². The Bertz CT molecular complexity index is 506. The van der Waals surface area contributed by atoms with Gasteiger partial charge in [-0.05, 0) is 44.4 Å². The van der Waals surface area contributed by atoms with E-state index in [9.17, 15) is 9.18 Å². The maximum Gasteiger partial charge on any atom is 0.225 e. The summed E-state index contributed by atoms with van der Waals surface area (Å²) in [5, 5.41) is 2.77. The molecule has 2 atom stereocenters. The lowest BCUT2D eigenvalue weighted by atomic mass is 10.1. The highest BCUT2D eigenvalue weighted by molar-refractivity contribution is 5.91. The van der Waals surface area contributed by atoms with Crippen LogP contribution in [0.1, 0.15) is 39.5 Å². The number of benzene rings is 1. The molecule has 0 radical (unpaired) electrons. The van der Waals surface area contributed by atoms with E-state index in [0.29, 0.717) is 24.2 Å². The highest BCUT2D eigenvalue weighted by Gasteiger charge is 2.29. The van der Waals surface area contributed by atoms with E-state index in [1.54, 1.807) is 0 Å². The van der Waals surface area contributed by atoms with Crippen LogP contribution < -0.4 is 11.1 Å². The fraction of sp³-hybridized carbons (Fsp3) is 0.562. The zero-order valence-electron chi connectivity index (χ0n) is 12.7. The summed E-state index contributed by atoms with van der Waals surface area (Å²) in [7, 11) is 0. The van der Waals surface area contributed by atoms with Crippen molar-refractivity contribution in [1.29, 1.82) is 0 Å². The fourth-order valence-corrected chi connectivity index (χ4v) is 3.04. The number of rotatable bonds is 5. The molecule has 2 unspecified atom stereocenters. The van der Waals surface area contributed by atoms with Gasteiger partial charge in [0.05, 0.1) is 5.69 Å². The zero-order valence-corrected chi connectivity index (χ0v) is 12.7. The van der Waals surface area contributed by atoms with Crippen LogP contribution in [0, 0.1) is 5.82 Å². The number of nitrogen functional groups attached to an aromatic ring is 1. The van der Waals surface area contributed by atoms with Crippen LogP contribution in [0.4, 0.5) is 15.8 Å². The summed E-state index contributed by atoms with van der Waals surface area (Å²) in [4.78, 5) is 14.4. The largest absolute Gasteiger partial charge is 0.396 e. The van der Waals surface area contributed by atoms with Crippen molar-refractivity contribution in [3.8, 4) is 0 Å². The lowest BCUT2D eigenvalue weighted by Crippen LogP contribution is -2.36. The van der Waals surface area contributed by atoms with Gasteiger partial charge >= 0.3 is 0 Å². The normalized spacial score (nSPS) is 22.4. The Hall–Kier alpha value is -1.62. The van der Waals surface area contributed by atoms with Gasteiger partial charge in [-0.25, -0.2) is 4.39 Å². The average molecular weight is 293 g/mol. The summed E-state index contributed by atoms with van der Waals surface area (Å²) in [5.74, 6) is -0.528. The molecule has 1 fully saturated rings. The smallest absolute Gasteiger partial charge is 0.225 e. The highest BCUT2D eigenvalue weighted by atomic mass is 19.1. The lowest BCUT2D eigenvalue weighted by Gasteiger charge is -2.27. The second-order valence-corrected chi connectivity index (χ2v) is 5.76. The summed E-state index contributed by atoms with van der Waals surface area (Å²) in [6.45, 7) is 5.17. The molecular weight excluding hydrogens is 269 g/mol. The van der Waals surface area contributed by atoms with Crippen molar-refractivity contribution < 1.29 is 9.18 Å². The third kappa shape index (κ3) is 3.94. The number of nitrogens with one attached hydrogen (secondary N) is 1. The number of carbonyl (C=O) groups is 1. The van der Waals surface area contributed by atoms with Crippen molar-refractivity contribution in [1.82, 2.24) is 4.90 Å². The van der Waals surface area contributed by atoms with Crippen molar-refractivity contribution in [2.24, 2.45) is 0 Å². The Kier molecular flexibility index (Phi) is 5.17. The predicted molar refractivity (Wildman–Crippen MR) is 83.5 cm³/mol. The second kappa shape index (κ2) is 6.89. The minimum Gasteiger partial charge on any atom is -0.396 e. The zero-order chi connectivity index (χ0) is 15.4. The molecular formula is C16H24FN3O. The monoisotopic (exact) mass is 293 g/mol. The van der Waals surface area contributed by atoms with Crippen LogP contribution in [0.3, 0.4) is 0 Å². The molecule has 1 saturated heterocycles. The van der Waals surface area contributed by atoms with E-state index >= 15 is 0 Å². The van der Waals surface area contributed by atoms with E-state index in [2.05, 4.69) is 24.1 Å². The van der Waals surface area contributed by atoms with Gasteiger partial charge in [-0.15, -0.1) is 0 Å². The number of hydrogen-bond donors (Lipinski definition) is 2. The van der Waals surface area contributed by atoms with Crippen LogP contribution in [0.15, 0.2) is 18.2 Å².